The third kappa shape index (κ3) is 5.85. The fourth-order valence-electron chi connectivity index (χ4n) is 2.26. The van der Waals surface area contributed by atoms with Gasteiger partial charge in [0.15, 0.2) is 11.5 Å². The SMILES string of the molecule is CC(=O)c1cc([N+](=O)[O-])c(-c2ccccc2)[n+](C)c1C.[O-][Cl+3]([O-])([O-])[O-]. The molecule has 0 amide bonds. The number of nitro groups is 1. The van der Waals surface area contributed by atoms with Crippen LogP contribution in [0.5, 0.6) is 0 Å². The minimum atomic E-state index is -4.94. The van der Waals surface area contributed by atoms with Gasteiger partial charge in [-0.05, 0) is 19.1 Å². The Balaban J connectivity index is 0.000000550. The molecular weight excluding hydrogens is 356 g/mol. The lowest BCUT2D eigenvalue weighted by atomic mass is 10.0. The number of hydrogen-bond donors (Lipinski definition) is 0. The minimum Gasteiger partial charge on any atom is -0.294 e. The van der Waals surface area contributed by atoms with Gasteiger partial charge in [-0.25, -0.2) is 18.6 Å². The summed E-state index contributed by atoms with van der Waals surface area (Å²) in [7, 11) is -3.21. The molecule has 0 bridgehead atoms. The highest BCUT2D eigenvalue weighted by atomic mass is 35.7. The smallest absolute Gasteiger partial charge is 0.294 e. The van der Waals surface area contributed by atoms with E-state index < -0.39 is 15.2 Å². The molecule has 0 spiro atoms. The van der Waals surface area contributed by atoms with Crippen LogP contribution in [0.2, 0.25) is 0 Å². The van der Waals surface area contributed by atoms with Crippen molar-refractivity contribution in [3.63, 3.8) is 0 Å². The number of rotatable bonds is 3. The summed E-state index contributed by atoms with van der Waals surface area (Å²) in [6.45, 7) is 3.20. The van der Waals surface area contributed by atoms with Gasteiger partial charge in [0, 0.05) is 13.0 Å². The summed E-state index contributed by atoms with van der Waals surface area (Å²) in [6.07, 6.45) is 0. The Hall–Kier alpha value is -2.43. The summed E-state index contributed by atoms with van der Waals surface area (Å²) >= 11 is 0. The number of Topliss-reactive ketones (excluding diaryl/α,β-unsaturated/α-hetero) is 1. The van der Waals surface area contributed by atoms with E-state index >= 15 is 0 Å². The van der Waals surface area contributed by atoms with Crippen LogP contribution in [0, 0.1) is 27.3 Å². The zero-order chi connectivity index (χ0) is 19.4. The summed E-state index contributed by atoms with van der Waals surface area (Å²) < 4.78 is 35.7. The lowest BCUT2D eigenvalue weighted by molar-refractivity contribution is -2.00. The molecule has 1 aromatic carbocycles. The van der Waals surface area contributed by atoms with Crippen molar-refractivity contribution in [2.45, 2.75) is 13.8 Å². The first-order valence-electron chi connectivity index (χ1n) is 6.79. The minimum absolute atomic E-state index is 0.0606. The lowest BCUT2D eigenvalue weighted by Gasteiger charge is -2.17. The van der Waals surface area contributed by atoms with Crippen molar-refractivity contribution in [3.05, 3.63) is 57.8 Å². The van der Waals surface area contributed by atoms with E-state index in [2.05, 4.69) is 0 Å². The van der Waals surface area contributed by atoms with Gasteiger partial charge in [0.25, 0.3) is 5.69 Å². The first-order valence-corrected chi connectivity index (χ1v) is 8.03. The van der Waals surface area contributed by atoms with Crippen molar-refractivity contribution < 1.29 is 43.2 Å². The van der Waals surface area contributed by atoms with Gasteiger partial charge in [-0.3, -0.25) is 14.9 Å². The maximum Gasteiger partial charge on any atom is 0.341 e. The second kappa shape index (κ2) is 8.10. The van der Waals surface area contributed by atoms with Crippen molar-refractivity contribution in [2.24, 2.45) is 7.05 Å². The van der Waals surface area contributed by atoms with Gasteiger partial charge >= 0.3 is 5.69 Å². The van der Waals surface area contributed by atoms with Gasteiger partial charge in [0.05, 0.1) is 16.1 Å². The number of ketones is 1. The van der Waals surface area contributed by atoms with Gasteiger partial charge in [-0.2, -0.15) is 4.57 Å². The third-order valence-corrected chi connectivity index (χ3v) is 3.38. The number of halogens is 1. The number of pyridine rings is 1. The fraction of sp³-hybridized carbons (Fsp3) is 0.200. The average Bonchev–Trinajstić information content (AvgIpc) is 2.48. The second-order valence-electron chi connectivity index (χ2n) is 4.99. The van der Waals surface area contributed by atoms with E-state index in [-0.39, 0.29) is 11.5 Å². The number of aromatic nitrogens is 1. The van der Waals surface area contributed by atoms with E-state index in [4.69, 9.17) is 18.6 Å². The molecule has 0 aliphatic carbocycles. The molecule has 0 fully saturated rings. The zero-order valence-electron chi connectivity index (χ0n) is 13.6. The highest BCUT2D eigenvalue weighted by Gasteiger charge is 2.30. The Bertz CT molecular complexity index is 783. The molecule has 0 atom stereocenters. The Morgan fingerprint density at radius 2 is 1.60 bits per heavy atom. The first-order chi connectivity index (χ1) is 11.4. The molecule has 9 nitrogen and oxygen atoms in total. The van der Waals surface area contributed by atoms with Gasteiger partial charge in [-0.15, -0.1) is 10.2 Å². The van der Waals surface area contributed by atoms with Crippen LogP contribution >= 0.6 is 0 Å². The topological polar surface area (TPSA) is 156 Å². The zero-order valence-corrected chi connectivity index (χ0v) is 14.4. The standard InChI is InChI=1S/C15H15N2O3.ClHO4/c1-10-13(11(2)18)9-14(17(19)20)15(16(10)3)12-7-5-4-6-8-12;2-1(3,4)5/h4-9H,1-3H3;(H,2,3,4,5)/q+1;/p-1. The molecule has 0 radical (unpaired) electrons. The van der Waals surface area contributed by atoms with Crippen LogP contribution in [-0.2, 0) is 7.05 Å². The molecule has 25 heavy (non-hydrogen) atoms. The fourth-order valence-corrected chi connectivity index (χ4v) is 2.26. The molecule has 0 unspecified atom stereocenters. The van der Waals surface area contributed by atoms with E-state index in [0.29, 0.717) is 17.0 Å². The van der Waals surface area contributed by atoms with Gasteiger partial charge < -0.3 is 0 Å². The molecule has 134 valence electrons. The maximum absolute atomic E-state index is 11.6. The van der Waals surface area contributed by atoms with Crippen molar-refractivity contribution in [3.8, 4) is 11.3 Å². The molecule has 0 aliphatic heterocycles. The van der Waals surface area contributed by atoms with Gasteiger partial charge in [0.2, 0.25) is 0 Å². The lowest BCUT2D eigenvalue weighted by Crippen LogP contribution is -2.68. The summed E-state index contributed by atoms with van der Waals surface area (Å²) in [4.78, 5) is 22.5. The third-order valence-electron chi connectivity index (χ3n) is 3.38. The van der Waals surface area contributed by atoms with E-state index in [1.165, 1.54) is 13.0 Å². The van der Waals surface area contributed by atoms with Gasteiger partial charge in [-0.1, -0.05) is 18.2 Å². The number of carbonyl (C=O) groups is 1. The molecule has 0 N–H and O–H groups in total. The summed E-state index contributed by atoms with van der Waals surface area (Å²) in [5.41, 5.74) is 2.27. The van der Waals surface area contributed by atoms with E-state index in [1.807, 2.05) is 30.3 Å². The molecule has 10 heteroatoms. The Labute approximate surface area is 145 Å². The highest BCUT2D eigenvalue weighted by molar-refractivity contribution is 5.95. The monoisotopic (exact) mass is 370 g/mol. The van der Waals surface area contributed by atoms with Crippen molar-refractivity contribution in [1.29, 1.82) is 0 Å². The predicted molar refractivity (Wildman–Crippen MR) is 74.4 cm³/mol. The number of carbonyl (C=O) groups excluding carboxylic acids is 1. The van der Waals surface area contributed by atoms with Gasteiger partial charge in [0.1, 0.15) is 7.05 Å². The molecule has 0 saturated heterocycles. The molecule has 0 saturated carbocycles. The summed E-state index contributed by atoms with van der Waals surface area (Å²) in [5.74, 6) is -0.180. The number of nitrogens with zero attached hydrogens (tertiary/aromatic N) is 2. The van der Waals surface area contributed by atoms with Crippen molar-refractivity contribution in [2.75, 3.05) is 0 Å². The quantitative estimate of drug-likeness (QED) is 0.258. The summed E-state index contributed by atoms with van der Waals surface area (Å²) in [6, 6.07) is 10.5. The maximum atomic E-state index is 11.6. The Morgan fingerprint density at radius 1 is 1.12 bits per heavy atom. The second-order valence-corrected chi connectivity index (χ2v) is 5.75. The van der Waals surface area contributed by atoms with E-state index in [1.54, 1.807) is 18.5 Å². The number of hydrogen-bond acceptors (Lipinski definition) is 7. The molecular formula is C15H15ClN2O7. The van der Waals surface area contributed by atoms with Crippen LogP contribution < -0.4 is 23.2 Å². The van der Waals surface area contributed by atoms with Crippen molar-refractivity contribution in [1.82, 2.24) is 0 Å². The van der Waals surface area contributed by atoms with Crippen LogP contribution in [0.3, 0.4) is 0 Å². The largest absolute Gasteiger partial charge is 0.341 e. The van der Waals surface area contributed by atoms with Crippen LogP contribution in [0.15, 0.2) is 36.4 Å². The molecule has 1 aromatic heterocycles. The number of benzene rings is 1. The van der Waals surface area contributed by atoms with Crippen LogP contribution in [0.1, 0.15) is 23.0 Å². The average molecular weight is 371 g/mol. The molecule has 1 heterocycles. The molecule has 2 aromatic rings. The molecule has 2 rings (SSSR count). The predicted octanol–water partition coefficient (Wildman–Crippen LogP) is -2.16. The van der Waals surface area contributed by atoms with Crippen LogP contribution in [0.25, 0.3) is 11.3 Å². The molecule has 0 aliphatic rings. The first kappa shape index (κ1) is 20.6. The van der Waals surface area contributed by atoms with Crippen LogP contribution in [-0.4, -0.2) is 10.7 Å². The van der Waals surface area contributed by atoms with E-state index in [9.17, 15) is 14.9 Å². The highest BCUT2D eigenvalue weighted by Crippen LogP contribution is 2.28. The van der Waals surface area contributed by atoms with Crippen LogP contribution in [0.4, 0.5) is 5.69 Å². The Kier molecular flexibility index (Phi) is 6.68. The Morgan fingerprint density at radius 3 is 2.00 bits per heavy atom. The normalized spacial score (nSPS) is 10.7. The van der Waals surface area contributed by atoms with E-state index in [0.717, 1.165) is 5.56 Å². The van der Waals surface area contributed by atoms with Crippen molar-refractivity contribution >= 4 is 11.5 Å². The summed E-state index contributed by atoms with van der Waals surface area (Å²) in [5, 5.41) is 11.3.